The summed E-state index contributed by atoms with van der Waals surface area (Å²) in [5.41, 5.74) is 0. The lowest BCUT2D eigenvalue weighted by molar-refractivity contribution is 0.433. The minimum atomic E-state index is -2.57. The van der Waals surface area contributed by atoms with E-state index in [1.165, 1.54) is 12.8 Å². The minimum Gasteiger partial charge on any atom is -0.146 e. The summed E-state index contributed by atoms with van der Waals surface area (Å²) >= 11 is 30.6. The van der Waals surface area contributed by atoms with E-state index in [9.17, 15) is 0 Å². The maximum atomic E-state index is 6.46. The molecular weight excluding hydrogens is 366 g/mol. The molecule has 2 rings (SSSR count). The summed E-state index contributed by atoms with van der Waals surface area (Å²) in [6, 6.07) is -0.323. The molecule has 1 fully saturated rings. The number of fused-ring (bicyclic) bond motifs is 2. The van der Waals surface area contributed by atoms with Gasteiger partial charge >= 0.3 is 6.00 Å². The van der Waals surface area contributed by atoms with Crippen LogP contribution in [-0.2, 0) is 0 Å². The molecule has 0 N–H and O–H groups in total. The molecule has 2 aliphatic carbocycles. The molecule has 0 aromatic rings. The van der Waals surface area contributed by atoms with Crippen molar-refractivity contribution in [1.29, 1.82) is 0 Å². The van der Waals surface area contributed by atoms with Crippen LogP contribution in [0.4, 0.5) is 0 Å². The smallest absolute Gasteiger partial charge is 0.146 e. The number of rotatable bonds is 6. The minimum absolute atomic E-state index is 0.591. The van der Waals surface area contributed by atoms with Gasteiger partial charge < -0.3 is 0 Å². The van der Waals surface area contributed by atoms with Gasteiger partial charge in [-0.25, -0.2) is 0 Å². The molecule has 18 heavy (non-hydrogen) atoms. The van der Waals surface area contributed by atoms with Gasteiger partial charge in [0.1, 0.15) is 0 Å². The third-order valence-electron chi connectivity index (χ3n) is 4.07. The molecule has 0 heterocycles. The van der Waals surface area contributed by atoms with Crippen LogP contribution in [0, 0.1) is 17.8 Å². The van der Waals surface area contributed by atoms with Crippen molar-refractivity contribution in [3.8, 4) is 0 Å². The summed E-state index contributed by atoms with van der Waals surface area (Å²) in [5, 5.41) is 0. The van der Waals surface area contributed by atoms with Gasteiger partial charge in [-0.3, -0.25) is 0 Å². The highest BCUT2D eigenvalue weighted by Gasteiger charge is 2.39. The van der Waals surface area contributed by atoms with Crippen LogP contribution in [0.1, 0.15) is 19.3 Å². The monoisotopic (exact) mass is 380 g/mol. The van der Waals surface area contributed by atoms with Crippen LogP contribution in [0.5, 0.6) is 0 Å². The molecule has 0 aromatic heterocycles. The second-order valence-corrected chi connectivity index (χ2v) is 22.5. The van der Waals surface area contributed by atoms with Gasteiger partial charge in [-0.15, -0.1) is 55.4 Å². The van der Waals surface area contributed by atoms with Crippen molar-refractivity contribution in [2.45, 2.75) is 37.4 Å². The third kappa shape index (κ3) is 4.87. The Balaban J connectivity index is 1.73. The van der Waals surface area contributed by atoms with Crippen LogP contribution >= 0.6 is 55.4 Å². The van der Waals surface area contributed by atoms with Gasteiger partial charge in [-0.05, 0) is 48.7 Å². The third-order valence-corrected chi connectivity index (χ3v) is 11.4. The van der Waals surface area contributed by atoms with E-state index in [1.54, 1.807) is 0 Å². The van der Waals surface area contributed by atoms with E-state index in [4.69, 9.17) is 55.4 Å². The van der Waals surface area contributed by atoms with Crippen molar-refractivity contribution in [3.63, 3.8) is 0 Å². The van der Waals surface area contributed by atoms with Gasteiger partial charge in [-0.2, -0.15) is 0 Å². The molecule has 0 amide bonds. The predicted molar refractivity (Wildman–Crippen MR) is 88.7 cm³/mol. The molecule has 0 nitrogen and oxygen atoms in total. The van der Waals surface area contributed by atoms with Gasteiger partial charge in [0, 0.05) is 0 Å². The molecule has 1 saturated carbocycles. The zero-order valence-corrected chi connectivity index (χ0v) is 15.8. The zero-order chi connectivity index (χ0) is 13.4. The highest BCUT2D eigenvalue weighted by Crippen LogP contribution is 2.47. The zero-order valence-electron chi connectivity index (χ0n) is 10.0. The lowest BCUT2D eigenvalue weighted by Crippen LogP contribution is -2.24. The SMILES string of the molecule is Cl[Si](Cl)(Cl)CC[Si](Cl)(Cl)CCC1CC2C=CC1C2. The Morgan fingerprint density at radius 3 is 2.11 bits per heavy atom. The van der Waals surface area contributed by atoms with Crippen LogP contribution in [0.3, 0.4) is 0 Å². The molecule has 0 saturated heterocycles. The van der Waals surface area contributed by atoms with E-state index in [2.05, 4.69) is 12.2 Å². The Morgan fingerprint density at radius 1 is 0.889 bits per heavy atom. The molecular formula is C11H17Cl5Si2. The van der Waals surface area contributed by atoms with Gasteiger partial charge in [-0.1, -0.05) is 18.6 Å². The van der Waals surface area contributed by atoms with Gasteiger partial charge in [0.2, 0.25) is 0 Å². The Bertz CT molecular complexity index is 326. The van der Waals surface area contributed by atoms with E-state index in [-0.39, 0.29) is 0 Å². The quantitative estimate of drug-likeness (QED) is 0.293. The molecule has 2 bridgehead atoms. The predicted octanol–water partition coefficient (Wildman–Crippen LogP) is 6.16. The fourth-order valence-electron chi connectivity index (χ4n) is 3.07. The van der Waals surface area contributed by atoms with Crippen molar-refractivity contribution in [3.05, 3.63) is 12.2 Å². The molecule has 3 unspecified atom stereocenters. The van der Waals surface area contributed by atoms with Crippen LogP contribution < -0.4 is 0 Å². The van der Waals surface area contributed by atoms with E-state index < -0.39 is 12.7 Å². The van der Waals surface area contributed by atoms with Crippen LogP contribution in [0.15, 0.2) is 12.2 Å². The fourth-order valence-corrected chi connectivity index (χ4v) is 11.6. The molecule has 2 aliphatic rings. The second kappa shape index (κ2) is 6.17. The molecule has 0 radical (unpaired) electrons. The number of halogens is 5. The molecule has 0 spiro atoms. The molecule has 0 aliphatic heterocycles. The number of hydrogen-bond donors (Lipinski definition) is 0. The molecule has 104 valence electrons. The Kier molecular flexibility index (Phi) is 5.48. The summed E-state index contributed by atoms with van der Waals surface area (Å²) in [7, 11) is 0. The van der Waals surface area contributed by atoms with Gasteiger partial charge in [0.15, 0.2) is 0 Å². The standard InChI is InChI=1S/C11H17Cl5Si2/c12-17(13,5-6-18(14,15)16)4-3-11-8-9-1-2-10(11)7-9/h1-2,9-11H,3-8H2. The normalized spacial score (nSPS) is 31.3. The van der Waals surface area contributed by atoms with Crippen molar-refractivity contribution in [2.75, 3.05) is 0 Å². The summed E-state index contributed by atoms with van der Waals surface area (Å²) < 4.78 is 0. The van der Waals surface area contributed by atoms with E-state index >= 15 is 0 Å². The van der Waals surface area contributed by atoms with E-state index in [0.717, 1.165) is 36.3 Å². The van der Waals surface area contributed by atoms with Crippen LogP contribution in [0.2, 0.25) is 18.1 Å². The molecule has 3 atom stereocenters. The van der Waals surface area contributed by atoms with E-state index in [0.29, 0.717) is 6.04 Å². The first kappa shape index (κ1) is 16.0. The summed E-state index contributed by atoms with van der Waals surface area (Å²) in [4.78, 5) is 0. The first-order chi connectivity index (χ1) is 8.25. The molecule has 0 aromatic carbocycles. The van der Waals surface area contributed by atoms with Crippen LogP contribution in [0.25, 0.3) is 0 Å². The van der Waals surface area contributed by atoms with Gasteiger partial charge in [0.05, 0.1) is 0 Å². The van der Waals surface area contributed by atoms with Crippen molar-refractivity contribution < 1.29 is 0 Å². The summed E-state index contributed by atoms with van der Waals surface area (Å²) in [6.45, 7) is -2.21. The van der Waals surface area contributed by atoms with Crippen molar-refractivity contribution in [1.82, 2.24) is 0 Å². The fraction of sp³-hybridized carbons (Fsp3) is 0.818. The lowest BCUT2D eigenvalue weighted by atomic mass is 9.91. The summed E-state index contributed by atoms with van der Waals surface area (Å²) in [6.07, 6.45) is 8.54. The average molecular weight is 383 g/mol. The average Bonchev–Trinajstić information content (AvgIpc) is 2.85. The van der Waals surface area contributed by atoms with Crippen molar-refractivity contribution in [2.24, 2.45) is 17.8 Å². The van der Waals surface area contributed by atoms with E-state index in [1.807, 2.05) is 0 Å². The maximum Gasteiger partial charge on any atom is 0.341 e. The first-order valence-corrected chi connectivity index (χ1v) is 16.1. The molecule has 7 heteroatoms. The Hall–Kier alpha value is 1.62. The Labute approximate surface area is 134 Å². The lowest BCUT2D eigenvalue weighted by Gasteiger charge is -2.23. The number of allylic oxidation sites excluding steroid dienone is 2. The topological polar surface area (TPSA) is 0 Å². The summed E-state index contributed by atoms with van der Waals surface area (Å²) in [5.74, 6) is 2.38. The van der Waals surface area contributed by atoms with Crippen molar-refractivity contribution >= 4 is 68.1 Å². The largest absolute Gasteiger partial charge is 0.341 e. The Morgan fingerprint density at radius 2 is 1.61 bits per heavy atom. The maximum absolute atomic E-state index is 6.46. The first-order valence-electron chi connectivity index (χ1n) is 6.38. The van der Waals surface area contributed by atoms with Gasteiger partial charge in [0.25, 0.3) is 6.69 Å². The second-order valence-electron chi connectivity index (χ2n) is 5.55. The van der Waals surface area contributed by atoms with Crippen LogP contribution in [-0.4, -0.2) is 12.7 Å². The highest BCUT2D eigenvalue weighted by atomic mass is 35.8. The number of hydrogen-bond acceptors (Lipinski definition) is 0. The highest BCUT2D eigenvalue weighted by molar-refractivity contribution is 7.65.